The van der Waals surface area contributed by atoms with E-state index in [9.17, 15) is 4.79 Å². The van der Waals surface area contributed by atoms with Crippen LogP contribution in [0.1, 0.15) is 39.3 Å². The fourth-order valence-corrected chi connectivity index (χ4v) is 2.79. The van der Waals surface area contributed by atoms with E-state index < -0.39 is 0 Å². The highest BCUT2D eigenvalue weighted by Crippen LogP contribution is 2.30. The topological polar surface area (TPSA) is 59.6 Å². The Balaban J connectivity index is 2.02. The Morgan fingerprint density at radius 2 is 1.63 bits per heavy atom. The first kappa shape index (κ1) is 21.1. The molecule has 6 heteroatoms. The maximum atomic E-state index is 12.4. The molecule has 0 bridgehead atoms. The second-order valence-electron chi connectivity index (χ2n) is 6.18. The molecule has 0 aromatic heterocycles. The zero-order chi connectivity index (χ0) is 19.8. The summed E-state index contributed by atoms with van der Waals surface area (Å²) >= 11 is 5.87. The number of ether oxygens (including phenoxy) is 2. The van der Waals surface area contributed by atoms with Crippen molar-refractivity contribution in [1.82, 2.24) is 5.32 Å². The average Bonchev–Trinajstić information content (AvgIpc) is 2.65. The third kappa shape index (κ3) is 6.15. The van der Waals surface area contributed by atoms with Crippen molar-refractivity contribution in [2.75, 3.05) is 18.5 Å². The molecule has 0 aliphatic heterocycles. The lowest BCUT2D eigenvalue weighted by Gasteiger charge is -2.21. The van der Waals surface area contributed by atoms with Crippen LogP contribution in [0, 0.1) is 0 Å². The Bertz CT molecular complexity index is 750. The molecule has 146 valence electrons. The fourth-order valence-electron chi connectivity index (χ4n) is 2.67. The Morgan fingerprint density at radius 3 is 2.26 bits per heavy atom. The molecule has 0 aliphatic rings. The first-order valence-electron chi connectivity index (χ1n) is 9.16. The molecule has 0 unspecified atom stereocenters. The van der Waals surface area contributed by atoms with E-state index >= 15 is 0 Å². The van der Waals surface area contributed by atoms with E-state index in [0.29, 0.717) is 29.7 Å². The molecule has 2 aromatic carbocycles. The zero-order valence-electron chi connectivity index (χ0n) is 16.2. The Hall–Kier alpha value is -2.24. The van der Waals surface area contributed by atoms with Gasteiger partial charge in [0.05, 0.1) is 19.3 Å². The maximum Gasteiger partial charge on any atom is 0.241 e. The number of carbonyl (C=O) groups is 1. The molecule has 2 atom stereocenters. The van der Waals surface area contributed by atoms with Gasteiger partial charge in [0, 0.05) is 16.8 Å². The molecule has 27 heavy (non-hydrogen) atoms. The smallest absolute Gasteiger partial charge is 0.241 e. The molecule has 0 spiro atoms. The van der Waals surface area contributed by atoms with E-state index in [2.05, 4.69) is 10.6 Å². The van der Waals surface area contributed by atoms with E-state index in [1.807, 2.05) is 45.9 Å². The van der Waals surface area contributed by atoms with Gasteiger partial charge in [-0.2, -0.15) is 0 Å². The predicted octanol–water partition coefficient (Wildman–Crippen LogP) is 4.82. The van der Waals surface area contributed by atoms with Crippen molar-refractivity contribution in [2.24, 2.45) is 0 Å². The van der Waals surface area contributed by atoms with Gasteiger partial charge >= 0.3 is 0 Å². The van der Waals surface area contributed by atoms with Crippen LogP contribution < -0.4 is 20.1 Å². The van der Waals surface area contributed by atoms with E-state index in [1.54, 1.807) is 24.3 Å². The van der Waals surface area contributed by atoms with Crippen molar-refractivity contribution in [2.45, 2.75) is 39.8 Å². The molecule has 2 N–H and O–H groups in total. The van der Waals surface area contributed by atoms with Crippen LogP contribution in [-0.4, -0.2) is 25.2 Å². The van der Waals surface area contributed by atoms with Crippen molar-refractivity contribution in [3.63, 3.8) is 0 Å². The monoisotopic (exact) mass is 390 g/mol. The summed E-state index contributed by atoms with van der Waals surface area (Å²) in [7, 11) is 0. The molecule has 0 saturated carbocycles. The van der Waals surface area contributed by atoms with E-state index in [4.69, 9.17) is 21.1 Å². The minimum Gasteiger partial charge on any atom is -0.490 e. The van der Waals surface area contributed by atoms with Gasteiger partial charge in [-0.15, -0.1) is 0 Å². The van der Waals surface area contributed by atoms with Crippen molar-refractivity contribution < 1.29 is 14.3 Å². The van der Waals surface area contributed by atoms with Crippen LogP contribution in [0.25, 0.3) is 0 Å². The molecule has 0 saturated heterocycles. The summed E-state index contributed by atoms with van der Waals surface area (Å²) in [5.74, 6) is 1.33. The highest BCUT2D eigenvalue weighted by atomic mass is 35.5. The number of hydrogen-bond donors (Lipinski definition) is 2. The molecule has 0 heterocycles. The Morgan fingerprint density at radius 1 is 1.00 bits per heavy atom. The van der Waals surface area contributed by atoms with Gasteiger partial charge in [0.2, 0.25) is 5.91 Å². The SMILES string of the molecule is CCOc1ccc([C@H](C)N[C@@H](C)C(=O)Nc2ccc(Cl)cc2)cc1OCC. The number of benzene rings is 2. The van der Waals surface area contributed by atoms with Gasteiger partial charge in [-0.1, -0.05) is 17.7 Å². The normalized spacial score (nSPS) is 12.9. The predicted molar refractivity (Wildman–Crippen MR) is 110 cm³/mol. The van der Waals surface area contributed by atoms with Gasteiger partial charge in [0.1, 0.15) is 0 Å². The highest BCUT2D eigenvalue weighted by molar-refractivity contribution is 6.30. The molecule has 5 nitrogen and oxygen atoms in total. The molecule has 1 amide bonds. The number of carbonyl (C=O) groups excluding carboxylic acids is 1. The first-order valence-corrected chi connectivity index (χ1v) is 9.54. The summed E-state index contributed by atoms with van der Waals surface area (Å²) in [6, 6.07) is 12.5. The zero-order valence-corrected chi connectivity index (χ0v) is 17.0. The summed E-state index contributed by atoms with van der Waals surface area (Å²) < 4.78 is 11.3. The summed E-state index contributed by atoms with van der Waals surface area (Å²) in [6.45, 7) is 8.86. The molecule has 0 aliphatic carbocycles. The summed E-state index contributed by atoms with van der Waals surface area (Å²) in [4.78, 5) is 12.4. The molecule has 0 fully saturated rings. The lowest BCUT2D eigenvalue weighted by Crippen LogP contribution is -2.39. The third-order valence-corrected chi connectivity index (χ3v) is 4.32. The van der Waals surface area contributed by atoms with Crippen molar-refractivity contribution in [3.05, 3.63) is 53.1 Å². The van der Waals surface area contributed by atoms with Gasteiger partial charge in [0.15, 0.2) is 11.5 Å². The van der Waals surface area contributed by atoms with Crippen molar-refractivity contribution in [3.8, 4) is 11.5 Å². The van der Waals surface area contributed by atoms with Crippen molar-refractivity contribution >= 4 is 23.2 Å². The van der Waals surface area contributed by atoms with Crippen molar-refractivity contribution in [1.29, 1.82) is 0 Å². The number of anilines is 1. The highest BCUT2D eigenvalue weighted by Gasteiger charge is 2.18. The van der Waals surface area contributed by atoms with Crippen LogP contribution in [0.4, 0.5) is 5.69 Å². The number of nitrogens with one attached hydrogen (secondary N) is 2. The second-order valence-corrected chi connectivity index (χ2v) is 6.61. The van der Waals surface area contributed by atoms with E-state index in [-0.39, 0.29) is 18.0 Å². The summed E-state index contributed by atoms with van der Waals surface area (Å²) in [5, 5.41) is 6.83. The quantitative estimate of drug-likeness (QED) is 0.644. The van der Waals surface area contributed by atoms with Crippen LogP contribution in [0.5, 0.6) is 11.5 Å². The lowest BCUT2D eigenvalue weighted by molar-refractivity contribution is -0.117. The lowest BCUT2D eigenvalue weighted by atomic mass is 10.1. The molecule has 2 aromatic rings. The van der Waals surface area contributed by atoms with Gasteiger partial charge < -0.3 is 14.8 Å². The van der Waals surface area contributed by atoms with E-state index in [1.165, 1.54) is 0 Å². The largest absolute Gasteiger partial charge is 0.490 e. The standard InChI is InChI=1S/C21H27ClN2O3/c1-5-26-19-12-7-16(13-20(19)27-6-2)14(3)23-15(4)21(25)24-18-10-8-17(22)9-11-18/h7-15,23H,5-6H2,1-4H3,(H,24,25)/t14-,15-/m0/s1. The summed E-state index contributed by atoms with van der Waals surface area (Å²) in [5.41, 5.74) is 1.73. The van der Waals surface area contributed by atoms with Crippen LogP contribution in [0.2, 0.25) is 5.02 Å². The number of amides is 1. The van der Waals surface area contributed by atoms with Crippen LogP contribution >= 0.6 is 11.6 Å². The molecule has 2 rings (SSSR count). The van der Waals surface area contributed by atoms with Crippen LogP contribution in [0.15, 0.2) is 42.5 Å². The minimum absolute atomic E-state index is 0.0362. The van der Waals surface area contributed by atoms with Gasteiger partial charge in [-0.05, 0) is 69.7 Å². The average molecular weight is 391 g/mol. The van der Waals surface area contributed by atoms with Crippen LogP contribution in [-0.2, 0) is 4.79 Å². The van der Waals surface area contributed by atoms with Gasteiger partial charge in [-0.25, -0.2) is 0 Å². The second kappa shape index (κ2) is 10.2. The van der Waals surface area contributed by atoms with E-state index in [0.717, 1.165) is 11.3 Å². The Kier molecular flexibility index (Phi) is 7.95. The minimum atomic E-state index is -0.377. The Labute approximate surface area is 166 Å². The number of rotatable bonds is 9. The molecular formula is C21H27ClN2O3. The fraction of sp³-hybridized carbons (Fsp3) is 0.381. The number of halogens is 1. The first-order chi connectivity index (χ1) is 12.9. The molecular weight excluding hydrogens is 364 g/mol. The number of hydrogen-bond acceptors (Lipinski definition) is 4. The summed E-state index contributed by atoms with van der Waals surface area (Å²) in [6.07, 6.45) is 0. The third-order valence-electron chi connectivity index (χ3n) is 4.07. The van der Waals surface area contributed by atoms with Crippen LogP contribution in [0.3, 0.4) is 0 Å². The van der Waals surface area contributed by atoms with Gasteiger partial charge in [-0.3, -0.25) is 10.1 Å². The molecule has 0 radical (unpaired) electrons. The van der Waals surface area contributed by atoms with Gasteiger partial charge in [0.25, 0.3) is 0 Å². The maximum absolute atomic E-state index is 12.4.